The fraction of sp³-hybridized carbons (Fsp3) is 0.400. The third-order valence-corrected chi connectivity index (χ3v) is 2.27. The molecule has 0 aliphatic carbocycles. The van der Waals surface area contributed by atoms with Gasteiger partial charge in [0, 0.05) is 0 Å². The molecule has 70 valence electrons. The van der Waals surface area contributed by atoms with Crippen molar-refractivity contribution in [3.05, 3.63) is 10.2 Å². The normalized spacial score (nSPS) is 10.1. The monoisotopic (exact) mass is 261 g/mol. The van der Waals surface area contributed by atoms with Gasteiger partial charge in [-0.15, -0.1) is 17.5 Å². The van der Waals surface area contributed by atoms with E-state index in [4.69, 9.17) is 5.73 Å². The van der Waals surface area contributed by atoms with Crippen molar-refractivity contribution in [2.24, 2.45) is 0 Å². The van der Waals surface area contributed by atoms with E-state index in [0.29, 0.717) is 14.8 Å². The molecule has 0 fully saturated rings. The van der Waals surface area contributed by atoms with Gasteiger partial charge in [-0.1, -0.05) is 0 Å². The molecule has 3 nitrogen and oxygen atoms in total. The quantitative estimate of drug-likeness (QED) is 0.844. The summed E-state index contributed by atoms with van der Waals surface area (Å²) in [6.07, 6.45) is 0. The lowest BCUT2D eigenvalue weighted by atomic mass is 10.5. The Bertz CT molecular complexity index is 276. The summed E-state index contributed by atoms with van der Waals surface area (Å²) in [5.74, 6) is 0.0859. The van der Waals surface area contributed by atoms with Crippen LogP contribution in [0.1, 0.15) is 12.2 Å². The number of nitrogens with zero attached hydrogens (tertiary/aromatic N) is 2. The zero-order valence-corrected chi connectivity index (χ0v) is 8.49. The van der Waals surface area contributed by atoms with Crippen molar-refractivity contribution in [1.82, 2.24) is 9.78 Å². The number of halogens is 4. The first kappa shape index (κ1) is 11.6. The van der Waals surface area contributed by atoms with Crippen LogP contribution < -0.4 is 5.73 Å². The van der Waals surface area contributed by atoms with Gasteiger partial charge in [0.2, 0.25) is 0 Å². The highest BCUT2D eigenvalue weighted by atomic mass is 79.9. The van der Waals surface area contributed by atoms with E-state index in [1.807, 2.05) is 0 Å². The van der Waals surface area contributed by atoms with Gasteiger partial charge in [0.25, 0.3) is 0 Å². The SMILES string of the molecule is Cc1c(Br)c(N)nn1C(F)F.Cl. The van der Waals surface area contributed by atoms with Gasteiger partial charge in [-0.05, 0) is 22.9 Å². The average Bonchev–Trinajstić information content (AvgIpc) is 2.17. The highest BCUT2D eigenvalue weighted by Crippen LogP contribution is 2.25. The molecule has 0 spiro atoms. The van der Waals surface area contributed by atoms with Crippen LogP contribution in [0.2, 0.25) is 0 Å². The molecule has 1 aromatic rings. The number of aromatic nitrogens is 2. The fourth-order valence-electron chi connectivity index (χ4n) is 0.711. The Kier molecular flexibility index (Phi) is 3.92. The van der Waals surface area contributed by atoms with Crippen LogP contribution in [0.4, 0.5) is 14.6 Å². The number of hydrogen-bond acceptors (Lipinski definition) is 2. The minimum Gasteiger partial charge on any atom is -0.381 e. The van der Waals surface area contributed by atoms with E-state index in [0.717, 1.165) is 0 Å². The van der Waals surface area contributed by atoms with E-state index in [9.17, 15) is 8.78 Å². The van der Waals surface area contributed by atoms with Crippen molar-refractivity contribution in [2.45, 2.75) is 13.5 Å². The van der Waals surface area contributed by atoms with Gasteiger partial charge >= 0.3 is 6.55 Å². The molecule has 0 bridgehead atoms. The molecule has 2 N–H and O–H groups in total. The Morgan fingerprint density at radius 2 is 2.08 bits per heavy atom. The summed E-state index contributed by atoms with van der Waals surface area (Å²) in [7, 11) is 0. The Morgan fingerprint density at radius 1 is 1.58 bits per heavy atom. The van der Waals surface area contributed by atoms with Crippen molar-refractivity contribution in [1.29, 1.82) is 0 Å². The van der Waals surface area contributed by atoms with Gasteiger partial charge in [-0.3, -0.25) is 0 Å². The van der Waals surface area contributed by atoms with Crippen LogP contribution in [0.25, 0.3) is 0 Å². The lowest BCUT2D eigenvalue weighted by Gasteiger charge is -1.99. The Hall–Kier alpha value is -0.360. The number of anilines is 1. The standard InChI is InChI=1S/C5H6BrF2N3.ClH/c1-2-3(6)4(9)10-11(2)5(7)8;/h5H,1H3,(H2,9,10);1H. The summed E-state index contributed by atoms with van der Waals surface area (Å²) in [4.78, 5) is 0. The molecule has 12 heavy (non-hydrogen) atoms. The third kappa shape index (κ3) is 1.87. The number of nitrogen functional groups attached to an aromatic ring is 1. The van der Waals surface area contributed by atoms with Crippen LogP contribution >= 0.6 is 28.3 Å². The maximum atomic E-state index is 12.0. The van der Waals surface area contributed by atoms with Crippen molar-refractivity contribution < 1.29 is 8.78 Å². The molecule has 0 amide bonds. The number of nitrogens with two attached hydrogens (primary N) is 1. The first-order valence-electron chi connectivity index (χ1n) is 2.82. The second-order valence-electron chi connectivity index (χ2n) is 2.01. The second-order valence-corrected chi connectivity index (χ2v) is 2.80. The summed E-state index contributed by atoms with van der Waals surface area (Å²) >= 11 is 3.03. The molecule has 1 rings (SSSR count). The highest BCUT2D eigenvalue weighted by molar-refractivity contribution is 9.10. The smallest absolute Gasteiger partial charge is 0.333 e. The molecule has 0 aliphatic heterocycles. The van der Waals surface area contributed by atoms with Crippen LogP contribution in [0.3, 0.4) is 0 Å². The third-order valence-electron chi connectivity index (χ3n) is 1.29. The molecule has 0 saturated carbocycles. The maximum Gasteiger partial charge on any atom is 0.333 e. The fourth-order valence-corrected chi connectivity index (χ4v) is 0.972. The minimum atomic E-state index is -2.64. The van der Waals surface area contributed by atoms with Crippen molar-refractivity contribution in [3.63, 3.8) is 0 Å². The molecule has 0 radical (unpaired) electrons. The van der Waals surface area contributed by atoms with E-state index in [1.54, 1.807) is 0 Å². The van der Waals surface area contributed by atoms with Crippen LogP contribution in [0, 0.1) is 6.92 Å². The molecule has 1 aromatic heterocycles. The Balaban J connectivity index is 0.00000121. The molecular weight excluding hydrogens is 255 g/mol. The van der Waals surface area contributed by atoms with E-state index in [2.05, 4.69) is 21.0 Å². The first-order valence-corrected chi connectivity index (χ1v) is 3.61. The maximum absolute atomic E-state index is 12.0. The van der Waals surface area contributed by atoms with Gasteiger partial charge in [0.05, 0.1) is 10.2 Å². The predicted octanol–water partition coefficient (Wildman–Crippen LogP) is 2.35. The lowest BCUT2D eigenvalue weighted by molar-refractivity contribution is 0.0546. The van der Waals surface area contributed by atoms with E-state index in [1.165, 1.54) is 6.92 Å². The highest BCUT2D eigenvalue weighted by Gasteiger charge is 2.15. The molecular formula is C5H7BrClF2N3. The van der Waals surface area contributed by atoms with Gasteiger partial charge in [-0.2, -0.15) is 8.78 Å². The molecule has 0 aliphatic rings. The Morgan fingerprint density at radius 3 is 2.25 bits per heavy atom. The predicted molar refractivity (Wildman–Crippen MR) is 47.6 cm³/mol. The second kappa shape index (κ2) is 4.04. The summed E-state index contributed by atoms with van der Waals surface area (Å²) < 4.78 is 25.1. The summed E-state index contributed by atoms with van der Waals surface area (Å²) in [6, 6.07) is 0. The van der Waals surface area contributed by atoms with Crippen molar-refractivity contribution >= 4 is 34.2 Å². The summed E-state index contributed by atoms with van der Waals surface area (Å²) in [5.41, 5.74) is 5.60. The molecule has 0 aromatic carbocycles. The molecule has 0 saturated heterocycles. The molecule has 7 heteroatoms. The number of hydrogen-bond donors (Lipinski definition) is 1. The van der Waals surface area contributed by atoms with Crippen molar-refractivity contribution in [3.8, 4) is 0 Å². The topological polar surface area (TPSA) is 43.8 Å². The van der Waals surface area contributed by atoms with Gasteiger partial charge in [0.15, 0.2) is 5.82 Å². The van der Waals surface area contributed by atoms with Gasteiger partial charge in [0.1, 0.15) is 0 Å². The van der Waals surface area contributed by atoms with E-state index in [-0.39, 0.29) is 18.2 Å². The molecule has 0 unspecified atom stereocenters. The largest absolute Gasteiger partial charge is 0.381 e. The zero-order chi connectivity index (χ0) is 8.59. The van der Waals surface area contributed by atoms with Crippen LogP contribution in [0.5, 0.6) is 0 Å². The molecule has 1 heterocycles. The number of alkyl halides is 2. The van der Waals surface area contributed by atoms with Crippen LogP contribution in [-0.2, 0) is 0 Å². The van der Waals surface area contributed by atoms with Crippen molar-refractivity contribution in [2.75, 3.05) is 5.73 Å². The minimum absolute atomic E-state index is 0. The van der Waals surface area contributed by atoms with Gasteiger partial charge in [-0.25, -0.2) is 4.68 Å². The Labute approximate surface area is 82.5 Å². The van der Waals surface area contributed by atoms with E-state index < -0.39 is 6.55 Å². The van der Waals surface area contributed by atoms with Crippen LogP contribution in [-0.4, -0.2) is 9.78 Å². The zero-order valence-electron chi connectivity index (χ0n) is 6.09. The first-order chi connectivity index (χ1) is 5.04. The summed E-state index contributed by atoms with van der Waals surface area (Å²) in [5, 5.41) is 3.41. The average molecular weight is 262 g/mol. The van der Waals surface area contributed by atoms with Gasteiger partial charge < -0.3 is 5.73 Å². The molecule has 0 atom stereocenters. The lowest BCUT2D eigenvalue weighted by Crippen LogP contribution is -2.02. The van der Waals surface area contributed by atoms with Crippen LogP contribution in [0.15, 0.2) is 4.47 Å². The number of rotatable bonds is 1. The van der Waals surface area contributed by atoms with E-state index >= 15 is 0 Å². The summed E-state index contributed by atoms with van der Waals surface area (Å²) in [6.45, 7) is -1.12.